The zero-order chi connectivity index (χ0) is 18.5. The van der Waals surface area contributed by atoms with Crippen LogP contribution in [-0.4, -0.2) is 45.8 Å². The predicted molar refractivity (Wildman–Crippen MR) is 100 cm³/mol. The van der Waals surface area contributed by atoms with E-state index in [0.29, 0.717) is 29.7 Å². The van der Waals surface area contributed by atoms with Crippen molar-refractivity contribution in [3.05, 3.63) is 51.7 Å². The van der Waals surface area contributed by atoms with Crippen LogP contribution >= 0.6 is 27.5 Å². The molecule has 6 nitrogen and oxygen atoms in total. The van der Waals surface area contributed by atoms with Gasteiger partial charge in [-0.1, -0.05) is 11.6 Å². The second-order valence-corrected chi connectivity index (χ2v) is 7.33. The van der Waals surface area contributed by atoms with E-state index in [4.69, 9.17) is 16.3 Å². The van der Waals surface area contributed by atoms with E-state index in [1.807, 2.05) is 0 Å². The summed E-state index contributed by atoms with van der Waals surface area (Å²) in [6.07, 6.45) is 4.18. The fourth-order valence-corrected chi connectivity index (χ4v) is 3.05. The van der Waals surface area contributed by atoms with Crippen LogP contribution in [0.1, 0.15) is 29.6 Å². The van der Waals surface area contributed by atoms with E-state index in [-0.39, 0.29) is 30.6 Å². The minimum atomic E-state index is -0.132. The summed E-state index contributed by atoms with van der Waals surface area (Å²) in [4.78, 5) is 34.4. The van der Waals surface area contributed by atoms with Crippen molar-refractivity contribution < 1.29 is 14.3 Å². The fourth-order valence-electron chi connectivity index (χ4n) is 2.72. The molecule has 0 N–H and O–H groups in total. The van der Waals surface area contributed by atoms with E-state index >= 15 is 0 Å². The zero-order valence-electron chi connectivity index (χ0n) is 13.9. The first-order valence-electron chi connectivity index (χ1n) is 8.22. The molecule has 3 rings (SSSR count). The number of likely N-dealkylation sites (tertiary alicyclic amines) is 1. The first kappa shape index (κ1) is 18.8. The van der Waals surface area contributed by atoms with E-state index in [9.17, 15) is 9.59 Å². The van der Waals surface area contributed by atoms with E-state index in [1.165, 1.54) is 0 Å². The average Bonchev–Trinajstić information content (AvgIpc) is 3.10. The summed E-state index contributed by atoms with van der Waals surface area (Å²) in [6, 6.07) is 6.98. The van der Waals surface area contributed by atoms with Crippen LogP contribution in [-0.2, 0) is 4.79 Å². The van der Waals surface area contributed by atoms with E-state index in [2.05, 4.69) is 25.9 Å². The van der Waals surface area contributed by atoms with Gasteiger partial charge in [0.2, 0.25) is 5.91 Å². The van der Waals surface area contributed by atoms with Crippen molar-refractivity contribution >= 4 is 39.2 Å². The number of aromatic nitrogens is 2. The monoisotopic (exact) mass is 437 g/mol. The van der Waals surface area contributed by atoms with E-state index in [1.54, 1.807) is 41.6 Å². The van der Waals surface area contributed by atoms with Crippen LogP contribution < -0.4 is 4.74 Å². The highest BCUT2D eigenvalue weighted by Gasteiger charge is 2.28. The van der Waals surface area contributed by atoms with Crippen molar-refractivity contribution in [3.8, 4) is 6.01 Å². The molecule has 2 aromatic rings. The number of carbonyl (C=O) groups is 2. The van der Waals surface area contributed by atoms with E-state index in [0.717, 1.165) is 10.9 Å². The third-order valence-electron chi connectivity index (χ3n) is 4.10. The van der Waals surface area contributed by atoms with Crippen LogP contribution in [0, 0.1) is 0 Å². The van der Waals surface area contributed by atoms with Crippen molar-refractivity contribution in [1.29, 1.82) is 0 Å². The minimum absolute atomic E-state index is 0.0462. The Kier molecular flexibility index (Phi) is 6.21. The Labute approximate surface area is 164 Å². The summed E-state index contributed by atoms with van der Waals surface area (Å²) in [5, 5.41) is 0.579. The lowest BCUT2D eigenvalue weighted by Gasteiger charge is -2.16. The van der Waals surface area contributed by atoms with Crippen LogP contribution in [0.2, 0.25) is 5.02 Å². The SMILES string of the molecule is O=C(CCC(=O)N1CC[C@@H](Oc2ncc(Br)cn2)C1)c1ccc(Cl)cc1. The lowest BCUT2D eigenvalue weighted by Crippen LogP contribution is -2.31. The Morgan fingerprint density at radius 3 is 2.58 bits per heavy atom. The van der Waals surface area contributed by atoms with Gasteiger partial charge in [0, 0.05) is 48.8 Å². The molecular weight excluding hydrogens is 422 g/mol. The fraction of sp³-hybridized carbons (Fsp3) is 0.333. The largest absolute Gasteiger partial charge is 0.458 e. The molecule has 1 fully saturated rings. The number of ether oxygens (including phenoxy) is 1. The van der Waals surface area contributed by atoms with Gasteiger partial charge in [0.15, 0.2) is 5.78 Å². The molecule has 1 saturated heterocycles. The second-order valence-electron chi connectivity index (χ2n) is 5.98. The Balaban J connectivity index is 1.46. The second kappa shape index (κ2) is 8.60. The highest BCUT2D eigenvalue weighted by molar-refractivity contribution is 9.10. The molecule has 0 spiro atoms. The smallest absolute Gasteiger partial charge is 0.316 e. The number of hydrogen-bond donors (Lipinski definition) is 0. The van der Waals surface area contributed by atoms with Crippen LogP contribution in [0.25, 0.3) is 0 Å². The molecule has 2 heterocycles. The van der Waals surface area contributed by atoms with Crippen molar-refractivity contribution in [2.24, 2.45) is 0 Å². The van der Waals surface area contributed by atoms with Gasteiger partial charge in [-0.15, -0.1) is 0 Å². The zero-order valence-corrected chi connectivity index (χ0v) is 16.2. The Bertz CT molecular complexity index is 783. The average molecular weight is 439 g/mol. The molecule has 0 bridgehead atoms. The highest BCUT2D eigenvalue weighted by Crippen LogP contribution is 2.18. The summed E-state index contributed by atoms with van der Waals surface area (Å²) in [5.41, 5.74) is 0.567. The van der Waals surface area contributed by atoms with Crippen LogP contribution in [0.3, 0.4) is 0 Å². The molecular formula is C18H17BrClN3O3. The summed E-state index contributed by atoms with van der Waals surface area (Å²) in [7, 11) is 0. The highest BCUT2D eigenvalue weighted by atomic mass is 79.9. The third kappa shape index (κ3) is 5.02. The summed E-state index contributed by atoms with van der Waals surface area (Å²) in [6.45, 7) is 1.09. The van der Waals surface area contributed by atoms with Gasteiger partial charge in [0.25, 0.3) is 0 Å². The minimum Gasteiger partial charge on any atom is -0.458 e. The first-order valence-corrected chi connectivity index (χ1v) is 9.39. The van der Waals surface area contributed by atoms with Gasteiger partial charge in [0.1, 0.15) is 6.10 Å². The van der Waals surface area contributed by atoms with Crippen LogP contribution in [0.4, 0.5) is 0 Å². The molecule has 8 heteroatoms. The van der Waals surface area contributed by atoms with Crippen molar-refractivity contribution in [2.75, 3.05) is 13.1 Å². The van der Waals surface area contributed by atoms with Gasteiger partial charge in [-0.05, 0) is 40.2 Å². The number of carbonyl (C=O) groups excluding carboxylic acids is 2. The molecule has 0 radical (unpaired) electrons. The quantitative estimate of drug-likeness (QED) is 0.645. The maximum absolute atomic E-state index is 12.3. The van der Waals surface area contributed by atoms with E-state index < -0.39 is 0 Å². The van der Waals surface area contributed by atoms with Crippen LogP contribution in [0.5, 0.6) is 6.01 Å². The standard InChI is InChI=1S/C18H17BrClN3O3/c19-13-9-21-18(22-10-13)26-15-7-8-23(11-15)17(25)6-5-16(24)12-1-3-14(20)4-2-12/h1-4,9-10,15H,5-8,11H2/t15-/m1/s1. The van der Waals surface area contributed by atoms with Crippen molar-refractivity contribution in [2.45, 2.75) is 25.4 Å². The number of rotatable bonds is 6. The molecule has 1 aliphatic rings. The molecule has 0 unspecified atom stereocenters. The van der Waals surface area contributed by atoms with Gasteiger partial charge >= 0.3 is 6.01 Å². The van der Waals surface area contributed by atoms with Gasteiger partial charge in [-0.2, -0.15) is 0 Å². The lowest BCUT2D eigenvalue weighted by molar-refractivity contribution is -0.130. The molecule has 26 heavy (non-hydrogen) atoms. The molecule has 1 aromatic carbocycles. The maximum atomic E-state index is 12.3. The number of Topliss-reactive ketones (excluding diaryl/α,β-unsaturated/α-hetero) is 1. The Hall–Kier alpha value is -1.99. The number of halogens is 2. The number of nitrogens with zero attached hydrogens (tertiary/aromatic N) is 3. The van der Waals surface area contributed by atoms with Gasteiger partial charge < -0.3 is 9.64 Å². The molecule has 1 atom stereocenters. The normalized spacial score (nSPS) is 16.5. The van der Waals surface area contributed by atoms with Crippen molar-refractivity contribution in [3.63, 3.8) is 0 Å². The van der Waals surface area contributed by atoms with Gasteiger partial charge in [-0.3, -0.25) is 9.59 Å². The molecule has 0 aliphatic carbocycles. The molecule has 1 aliphatic heterocycles. The van der Waals surface area contributed by atoms with Gasteiger partial charge in [-0.25, -0.2) is 9.97 Å². The first-order chi connectivity index (χ1) is 12.5. The maximum Gasteiger partial charge on any atom is 0.316 e. The van der Waals surface area contributed by atoms with Gasteiger partial charge in [0.05, 0.1) is 11.0 Å². The Morgan fingerprint density at radius 2 is 1.88 bits per heavy atom. The topological polar surface area (TPSA) is 72.4 Å². The Morgan fingerprint density at radius 1 is 1.19 bits per heavy atom. The van der Waals surface area contributed by atoms with Crippen LogP contribution in [0.15, 0.2) is 41.1 Å². The number of ketones is 1. The predicted octanol–water partition coefficient (Wildman–Crippen LogP) is 3.54. The van der Waals surface area contributed by atoms with Crippen molar-refractivity contribution in [1.82, 2.24) is 14.9 Å². The number of amides is 1. The summed E-state index contributed by atoms with van der Waals surface area (Å²) in [5.74, 6) is -0.111. The summed E-state index contributed by atoms with van der Waals surface area (Å²) >= 11 is 9.08. The molecule has 0 saturated carbocycles. The molecule has 1 aromatic heterocycles. The molecule has 136 valence electrons. The lowest BCUT2D eigenvalue weighted by atomic mass is 10.1. The third-order valence-corrected chi connectivity index (χ3v) is 4.76. The number of hydrogen-bond acceptors (Lipinski definition) is 5. The number of benzene rings is 1. The summed E-state index contributed by atoms with van der Waals surface area (Å²) < 4.78 is 6.48. The molecule has 1 amide bonds.